The molecule has 0 radical (unpaired) electrons. The van der Waals surface area contributed by atoms with Gasteiger partial charge in [-0.2, -0.15) is 5.10 Å². The van der Waals surface area contributed by atoms with E-state index in [9.17, 15) is 9.59 Å². The van der Waals surface area contributed by atoms with Crippen molar-refractivity contribution in [3.05, 3.63) is 65.3 Å². The predicted octanol–water partition coefficient (Wildman–Crippen LogP) is 3.47. The van der Waals surface area contributed by atoms with Crippen LogP contribution in [0.3, 0.4) is 0 Å². The van der Waals surface area contributed by atoms with Crippen LogP contribution in [0.25, 0.3) is 10.9 Å². The highest BCUT2D eigenvalue weighted by molar-refractivity contribution is 6.31. The van der Waals surface area contributed by atoms with Gasteiger partial charge in [0.05, 0.1) is 11.7 Å². The van der Waals surface area contributed by atoms with Gasteiger partial charge in [0.15, 0.2) is 0 Å². The Morgan fingerprint density at radius 2 is 1.88 bits per heavy atom. The minimum atomic E-state index is -0.226. The van der Waals surface area contributed by atoms with E-state index in [1.807, 2.05) is 36.4 Å². The summed E-state index contributed by atoms with van der Waals surface area (Å²) >= 11 is 5.97. The van der Waals surface area contributed by atoms with E-state index in [1.165, 1.54) is 10.2 Å². The average molecular weight is 356 g/mol. The van der Waals surface area contributed by atoms with E-state index in [0.29, 0.717) is 17.1 Å². The SMILES string of the molecule is O=C(CCC(=O)n1ncc2ccc(Cl)cc21)NCCc1ccccc1. The highest BCUT2D eigenvalue weighted by atomic mass is 35.5. The van der Waals surface area contributed by atoms with Crippen LogP contribution in [-0.4, -0.2) is 28.1 Å². The normalized spacial score (nSPS) is 10.8. The molecule has 0 atom stereocenters. The van der Waals surface area contributed by atoms with Crippen LogP contribution in [0.1, 0.15) is 23.2 Å². The summed E-state index contributed by atoms with van der Waals surface area (Å²) in [5, 5.41) is 8.31. The third kappa shape index (κ3) is 4.45. The number of aromatic nitrogens is 2. The Labute approximate surface area is 150 Å². The fourth-order valence-electron chi connectivity index (χ4n) is 2.60. The van der Waals surface area contributed by atoms with Gasteiger partial charge >= 0.3 is 0 Å². The molecule has 1 amide bonds. The van der Waals surface area contributed by atoms with Gasteiger partial charge in [0, 0.05) is 29.8 Å². The number of nitrogens with one attached hydrogen (secondary N) is 1. The van der Waals surface area contributed by atoms with Gasteiger partial charge in [-0.05, 0) is 30.2 Å². The van der Waals surface area contributed by atoms with Crippen LogP contribution in [0.5, 0.6) is 0 Å². The monoisotopic (exact) mass is 355 g/mol. The number of rotatable bonds is 6. The number of fused-ring (bicyclic) bond motifs is 1. The van der Waals surface area contributed by atoms with Crippen molar-refractivity contribution in [1.82, 2.24) is 15.1 Å². The molecule has 1 aromatic heterocycles. The van der Waals surface area contributed by atoms with Gasteiger partial charge < -0.3 is 5.32 Å². The summed E-state index contributed by atoms with van der Waals surface area (Å²) in [6.45, 7) is 0.553. The number of nitrogens with zero attached hydrogens (tertiary/aromatic N) is 2. The zero-order valence-corrected chi connectivity index (χ0v) is 14.4. The summed E-state index contributed by atoms with van der Waals surface area (Å²) in [6, 6.07) is 15.2. The lowest BCUT2D eigenvalue weighted by Gasteiger charge is -2.06. The Morgan fingerprint density at radius 3 is 2.68 bits per heavy atom. The fraction of sp³-hybridized carbons (Fsp3) is 0.211. The van der Waals surface area contributed by atoms with Crippen molar-refractivity contribution in [2.75, 3.05) is 6.54 Å². The molecule has 25 heavy (non-hydrogen) atoms. The van der Waals surface area contributed by atoms with E-state index < -0.39 is 0 Å². The number of amides is 1. The molecule has 0 saturated carbocycles. The van der Waals surface area contributed by atoms with Crippen molar-refractivity contribution in [1.29, 1.82) is 0 Å². The molecule has 0 spiro atoms. The van der Waals surface area contributed by atoms with Crippen LogP contribution >= 0.6 is 11.6 Å². The largest absolute Gasteiger partial charge is 0.356 e. The van der Waals surface area contributed by atoms with Gasteiger partial charge in [-0.3, -0.25) is 9.59 Å². The lowest BCUT2D eigenvalue weighted by atomic mass is 10.1. The molecule has 0 aliphatic rings. The van der Waals surface area contributed by atoms with E-state index in [2.05, 4.69) is 10.4 Å². The molecule has 1 N–H and O–H groups in total. The van der Waals surface area contributed by atoms with Crippen LogP contribution in [0.4, 0.5) is 0 Å². The predicted molar refractivity (Wildman–Crippen MR) is 97.8 cm³/mol. The molecule has 1 heterocycles. The van der Waals surface area contributed by atoms with Gasteiger partial charge in [0.1, 0.15) is 0 Å². The van der Waals surface area contributed by atoms with Crippen LogP contribution < -0.4 is 5.32 Å². The first-order valence-electron chi connectivity index (χ1n) is 8.10. The molecular formula is C19H18ClN3O2. The van der Waals surface area contributed by atoms with Crippen LogP contribution in [0.15, 0.2) is 54.7 Å². The minimum absolute atomic E-state index is 0.0977. The molecule has 0 saturated heterocycles. The molecular weight excluding hydrogens is 338 g/mol. The standard InChI is InChI=1S/C19H18ClN3O2/c20-16-7-6-15-13-22-23(17(15)12-16)19(25)9-8-18(24)21-11-10-14-4-2-1-3-5-14/h1-7,12-13H,8-11H2,(H,21,24). The number of carbonyl (C=O) groups excluding carboxylic acids is 2. The summed E-state index contributed by atoms with van der Waals surface area (Å²) in [6.07, 6.45) is 2.61. The first kappa shape index (κ1) is 17.2. The van der Waals surface area contributed by atoms with Crippen molar-refractivity contribution in [2.45, 2.75) is 19.3 Å². The summed E-state index contributed by atoms with van der Waals surface area (Å²) in [5.74, 6) is -0.366. The molecule has 5 nitrogen and oxygen atoms in total. The average Bonchev–Trinajstić information content (AvgIpc) is 3.03. The molecule has 0 aliphatic heterocycles. The number of halogens is 1. The first-order valence-corrected chi connectivity index (χ1v) is 8.48. The molecule has 2 aromatic carbocycles. The van der Waals surface area contributed by atoms with E-state index >= 15 is 0 Å². The summed E-state index contributed by atoms with van der Waals surface area (Å²) in [4.78, 5) is 24.2. The molecule has 0 aliphatic carbocycles. The summed E-state index contributed by atoms with van der Waals surface area (Å²) in [5.41, 5.74) is 1.82. The van der Waals surface area contributed by atoms with Crippen molar-refractivity contribution < 1.29 is 9.59 Å². The first-order chi connectivity index (χ1) is 12.1. The van der Waals surface area contributed by atoms with Crippen molar-refractivity contribution in [3.63, 3.8) is 0 Å². The summed E-state index contributed by atoms with van der Waals surface area (Å²) in [7, 11) is 0. The van der Waals surface area contributed by atoms with Gasteiger partial charge in [-0.25, -0.2) is 4.68 Å². The second-order valence-electron chi connectivity index (χ2n) is 5.74. The lowest BCUT2D eigenvalue weighted by Crippen LogP contribution is -2.26. The molecule has 0 fully saturated rings. The maximum atomic E-state index is 12.3. The van der Waals surface area contributed by atoms with Crippen LogP contribution in [0.2, 0.25) is 5.02 Å². The third-order valence-corrected chi connectivity index (χ3v) is 4.15. The molecule has 6 heteroatoms. The second kappa shape index (κ2) is 7.94. The molecule has 128 valence electrons. The maximum absolute atomic E-state index is 12.3. The van der Waals surface area contributed by atoms with Gasteiger partial charge in [-0.1, -0.05) is 41.9 Å². The second-order valence-corrected chi connectivity index (χ2v) is 6.18. The smallest absolute Gasteiger partial charge is 0.247 e. The van der Waals surface area contributed by atoms with Gasteiger partial charge in [0.25, 0.3) is 0 Å². The van der Waals surface area contributed by atoms with Crippen LogP contribution in [0, 0.1) is 0 Å². The zero-order valence-electron chi connectivity index (χ0n) is 13.6. The number of benzene rings is 2. The Balaban J connectivity index is 1.49. The summed E-state index contributed by atoms with van der Waals surface area (Å²) < 4.78 is 1.30. The highest BCUT2D eigenvalue weighted by Gasteiger charge is 2.13. The molecule has 3 aromatic rings. The molecule has 0 unspecified atom stereocenters. The Kier molecular flexibility index (Phi) is 5.46. The maximum Gasteiger partial charge on any atom is 0.247 e. The van der Waals surface area contributed by atoms with Crippen LogP contribution in [-0.2, 0) is 11.2 Å². The number of carbonyl (C=O) groups is 2. The van der Waals surface area contributed by atoms with E-state index in [-0.39, 0.29) is 24.7 Å². The zero-order chi connectivity index (χ0) is 17.6. The Hall–Kier alpha value is -2.66. The lowest BCUT2D eigenvalue weighted by molar-refractivity contribution is -0.121. The number of hydrogen-bond acceptors (Lipinski definition) is 3. The van der Waals surface area contributed by atoms with Gasteiger partial charge in [0.2, 0.25) is 11.8 Å². The Bertz CT molecular complexity index is 890. The third-order valence-electron chi connectivity index (χ3n) is 3.91. The van der Waals surface area contributed by atoms with E-state index in [1.54, 1.807) is 18.3 Å². The molecule has 0 bridgehead atoms. The number of hydrogen-bond donors (Lipinski definition) is 1. The van der Waals surface area contributed by atoms with E-state index in [4.69, 9.17) is 11.6 Å². The highest BCUT2D eigenvalue weighted by Crippen LogP contribution is 2.19. The van der Waals surface area contributed by atoms with Crippen molar-refractivity contribution in [3.8, 4) is 0 Å². The Morgan fingerprint density at radius 1 is 1.08 bits per heavy atom. The van der Waals surface area contributed by atoms with E-state index in [0.717, 1.165) is 11.8 Å². The fourth-order valence-corrected chi connectivity index (χ4v) is 2.76. The van der Waals surface area contributed by atoms with Crippen molar-refractivity contribution >= 4 is 34.3 Å². The topological polar surface area (TPSA) is 64.0 Å². The van der Waals surface area contributed by atoms with Gasteiger partial charge in [-0.15, -0.1) is 0 Å². The minimum Gasteiger partial charge on any atom is -0.356 e. The van der Waals surface area contributed by atoms with Crippen molar-refractivity contribution in [2.24, 2.45) is 0 Å². The molecule has 3 rings (SSSR count). The quantitative estimate of drug-likeness (QED) is 0.736.